The van der Waals surface area contributed by atoms with Crippen molar-refractivity contribution in [3.8, 4) is 5.75 Å². The van der Waals surface area contributed by atoms with E-state index in [9.17, 15) is 9.59 Å². The van der Waals surface area contributed by atoms with E-state index in [4.69, 9.17) is 9.47 Å². The number of methoxy groups -OCH3 is 1. The lowest BCUT2D eigenvalue weighted by Gasteiger charge is -2.32. The standard InChI is InChI=1S/C21H26N2O4S/c1-26-13-10-20(24)23-11-8-18(9-12-23)27-17-6-4-16(5-7-17)21(25)22-15-19-3-2-14-28-19/h2-7,14,18H,8-13,15H2,1H3,(H,22,25). The number of hydrogen-bond acceptors (Lipinski definition) is 5. The zero-order chi connectivity index (χ0) is 19.8. The summed E-state index contributed by atoms with van der Waals surface area (Å²) in [5.41, 5.74) is 0.613. The van der Waals surface area contributed by atoms with E-state index in [0.717, 1.165) is 23.5 Å². The number of benzene rings is 1. The lowest BCUT2D eigenvalue weighted by atomic mass is 10.1. The van der Waals surface area contributed by atoms with Gasteiger partial charge in [0.2, 0.25) is 5.91 Å². The van der Waals surface area contributed by atoms with Crippen LogP contribution in [0.15, 0.2) is 41.8 Å². The Morgan fingerprint density at radius 1 is 1.18 bits per heavy atom. The molecular formula is C21H26N2O4S. The van der Waals surface area contributed by atoms with Crippen molar-refractivity contribution in [2.75, 3.05) is 26.8 Å². The highest BCUT2D eigenvalue weighted by Gasteiger charge is 2.23. The minimum absolute atomic E-state index is 0.0879. The zero-order valence-corrected chi connectivity index (χ0v) is 16.9. The van der Waals surface area contributed by atoms with Gasteiger partial charge >= 0.3 is 0 Å². The average Bonchev–Trinajstić information content (AvgIpc) is 3.25. The summed E-state index contributed by atoms with van der Waals surface area (Å²) in [7, 11) is 1.60. The molecule has 0 unspecified atom stereocenters. The largest absolute Gasteiger partial charge is 0.490 e. The van der Waals surface area contributed by atoms with Crippen molar-refractivity contribution in [3.63, 3.8) is 0 Å². The Bertz CT molecular complexity index is 753. The third-order valence-corrected chi connectivity index (χ3v) is 5.61. The van der Waals surface area contributed by atoms with Gasteiger partial charge in [0.25, 0.3) is 5.91 Å². The number of nitrogens with one attached hydrogen (secondary N) is 1. The van der Waals surface area contributed by atoms with Crippen LogP contribution >= 0.6 is 11.3 Å². The van der Waals surface area contributed by atoms with E-state index in [-0.39, 0.29) is 17.9 Å². The molecule has 1 aliphatic heterocycles. The van der Waals surface area contributed by atoms with Crippen LogP contribution in [0.25, 0.3) is 0 Å². The molecule has 2 aromatic rings. The molecule has 6 nitrogen and oxygen atoms in total. The van der Waals surface area contributed by atoms with Crippen LogP contribution in [-0.2, 0) is 16.1 Å². The number of amides is 2. The monoisotopic (exact) mass is 402 g/mol. The van der Waals surface area contributed by atoms with Gasteiger partial charge in [-0.15, -0.1) is 11.3 Å². The molecule has 1 aromatic carbocycles. The van der Waals surface area contributed by atoms with E-state index in [0.29, 0.717) is 38.2 Å². The molecule has 0 radical (unpaired) electrons. The first-order chi connectivity index (χ1) is 13.7. The van der Waals surface area contributed by atoms with E-state index in [1.54, 1.807) is 30.6 Å². The lowest BCUT2D eigenvalue weighted by Crippen LogP contribution is -2.42. The molecular weight excluding hydrogens is 376 g/mol. The van der Waals surface area contributed by atoms with Gasteiger partial charge in [0.1, 0.15) is 11.9 Å². The number of carbonyl (C=O) groups is 2. The second-order valence-electron chi connectivity index (χ2n) is 6.73. The van der Waals surface area contributed by atoms with Crippen LogP contribution in [0, 0.1) is 0 Å². The van der Waals surface area contributed by atoms with Crippen LogP contribution in [0.3, 0.4) is 0 Å². The summed E-state index contributed by atoms with van der Waals surface area (Å²) < 4.78 is 11.0. The van der Waals surface area contributed by atoms with Gasteiger partial charge in [-0.25, -0.2) is 0 Å². The Balaban J connectivity index is 1.43. The van der Waals surface area contributed by atoms with Crippen LogP contribution in [0.2, 0.25) is 0 Å². The SMILES string of the molecule is COCCC(=O)N1CCC(Oc2ccc(C(=O)NCc3cccs3)cc2)CC1. The van der Waals surface area contributed by atoms with Crippen molar-refractivity contribution < 1.29 is 19.1 Å². The van der Waals surface area contributed by atoms with E-state index in [1.807, 2.05) is 34.5 Å². The number of rotatable bonds is 8. The molecule has 0 spiro atoms. The molecule has 1 saturated heterocycles. The lowest BCUT2D eigenvalue weighted by molar-refractivity contribution is -0.133. The van der Waals surface area contributed by atoms with E-state index >= 15 is 0 Å². The maximum Gasteiger partial charge on any atom is 0.251 e. The molecule has 28 heavy (non-hydrogen) atoms. The summed E-state index contributed by atoms with van der Waals surface area (Å²) in [5, 5.41) is 4.91. The number of carbonyl (C=O) groups excluding carboxylic acids is 2. The molecule has 0 atom stereocenters. The van der Waals surface area contributed by atoms with Crippen molar-refractivity contribution in [3.05, 3.63) is 52.2 Å². The van der Waals surface area contributed by atoms with Crippen molar-refractivity contribution >= 4 is 23.2 Å². The molecule has 150 valence electrons. The van der Waals surface area contributed by atoms with Crippen molar-refractivity contribution in [2.45, 2.75) is 31.9 Å². The Morgan fingerprint density at radius 3 is 2.57 bits per heavy atom. The minimum Gasteiger partial charge on any atom is -0.490 e. The number of hydrogen-bond donors (Lipinski definition) is 1. The minimum atomic E-state index is -0.0946. The van der Waals surface area contributed by atoms with Gasteiger partial charge in [0.05, 0.1) is 19.6 Å². The van der Waals surface area contributed by atoms with Gasteiger partial charge in [0.15, 0.2) is 0 Å². The normalized spacial score (nSPS) is 14.7. The van der Waals surface area contributed by atoms with Crippen LogP contribution in [-0.4, -0.2) is 49.6 Å². The number of thiophene rings is 1. The fourth-order valence-electron chi connectivity index (χ4n) is 3.13. The number of likely N-dealkylation sites (tertiary alicyclic amines) is 1. The highest BCUT2D eigenvalue weighted by molar-refractivity contribution is 7.09. The van der Waals surface area contributed by atoms with Gasteiger partial charge in [-0.05, 0) is 35.7 Å². The smallest absolute Gasteiger partial charge is 0.251 e. The highest BCUT2D eigenvalue weighted by Crippen LogP contribution is 2.20. The molecule has 0 bridgehead atoms. The molecule has 1 aliphatic rings. The van der Waals surface area contributed by atoms with Gasteiger partial charge in [-0.3, -0.25) is 9.59 Å². The zero-order valence-electron chi connectivity index (χ0n) is 16.1. The summed E-state index contributed by atoms with van der Waals surface area (Å²) in [6, 6.07) is 11.2. The van der Waals surface area contributed by atoms with Crippen LogP contribution in [0.5, 0.6) is 5.75 Å². The highest BCUT2D eigenvalue weighted by atomic mass is 32.1. The summed E-state index contributed by atoms with van der Waals surface area (Å²) in [4.78, 5) is 27.2. The third kappa shape index (κ3) is 5.81. The van der Waals surface area contributed by atoms with Gasteiger partial charge in [0, 0.05) is 43.5 Å². The van der Waals surface area contributed by atoms with Crippen LogP contribution in [0.4, 0.5) is 0 Å². The molecule has 2 heterocycles. The van der Waals surface area contributed by atoms with Crippen LogP contribution < -0.4 is 10.1 Å². The Kier molecular flexibility index (Phi) is 7.45. The van der Waals surface area contributed by atoms with Gasteiger partial charge < -0.3 is 19.7 Å². The van der Waals surface area contributed by atoms with E-state index < -0.39 is 0 Å². The second-order valence-corrected chi connectivity index (χ2v) is 7.76. The summed E-state index contributed by atoms with van der Waals surface area (Å²) in [6.07, 6.45) is 2.13. The van der Waals surface area contributed by atoms with Gasteiger partial charge in [-0.1, -0.05) is 6.07 Å². The average molecular weight is 403 g/mol. The maximum absolute atomic E-state index is 12.2. The molecule has 3 rings (SSSR count). The first-order valence-corrected chi connectivity index (χ1v) is 10.4. The van der Waals surface area contributed by atoms with Crippen LogP contribution in [0.1, 0.15) is 34.5 Å². The molecule has 7 heteroatoms. The van der Waals surface area contributed by atoms with E-state index in [2.05, 4.69) is 5.32 Å². The molecule has 2 amide bonds. The summed E-state index contributed by atoms with van der Waals surface area (Å²) >= 11 is 1.62. The second kappa shape index (κ2) is 10.2. The van der Waals surface area contributed by atoms with E-state index in [1.165, 1.54) is 0 Å². The van der Waals surface area contributed by atoms with Gasteiger partial charge in [-0.2, -0.15) is 0 Å². The molecule has 0 saturated carbocycles. The fraction of sp³-hybridized carbons (Fsp3) is 0.429. The first kappa shape index (κ1) is 20.4. The number of piperidine rings is 1. The predicted octanol–water partition coefficient (Wildman–Crippen LogP) is 3.08. The summed E-state index contributed by atoms with van der Waals surface area (Å²) in [5.74, 6) is 0.792. The fourth-order valence-corrected chi connectivity index (χ4v) is 3.78. The van der Waals surface area contributed by atoms with Crippen molar-refractivity contribution in [1.82, 2.24) is 10.2 Å². The molecule has 1 aromatic heterocycles. The quantitative estimate of drug-likeness (QED) is 0.737. The maximum atomic E-state index is 12.2. The Labute approximate surface area is 169 Å². The third-order valence-electron chi connectivity index (χ3n) is 4.74. The first-order valence-electron chi connectivity index (χ1n) is 9.49. The van der Waals surface area contributed by atoms with Crippen molar-refractivity contribution in [2.24, 2.45) is 0 Å². The molecule has 1 N–H and O–H groups in total. The van der Waals surface area contributed by atoms with Crippen molar-refractivity contribution in [1.29, 1.82) is 0 Å². The number of nitrogens with zero attached hydrogens (tertiary/aromatic N) is 1. The Morgan fingerprint density at radius 2 is 1.93 bits per heavy atom. The number of ether oxygens (including phenoxy) is 2. The summed E-state index contributed by atoms with van der Waals surface area (Å²) in [6.45, 7) is 2.41. The molecule has 0 aliphatic carbocycles. The molecule has 1 fully saturated rings. The predicted molar refractivity (Wildman–Crippen MR) is 109 cm³/mol. The topological polar surface area (TPSA) is 67.9 Å². The Hall–Kier alpha value is -2.38.